The molecule has 9 heteroatoms. The van der Waals surface area contributed by atoms with Gasteiger partial charge in [-0.3, -0.25) is 9.59 Å². The maximum atomic E-state index is 13.3. The number of nitrogens with two attached hydrogens (primary N) is 1. The summed E-state index contributed by atoms with van der Waals surface area (Å²) in [6.45, 7) is 3.80. The Labute approximate surface area is 193 Å². The van der Waals surface area contributed by atoms with Crippen LogP contribution in [0.5, 0.6) is 0 Å². The van der Waals surface area contributed by atoms with E-state index in [2.05, 4.69) is 17.4 Å². The summed E-state index contributed by atoms with van der Waals surface area (Å²) in [5.41, 5.74) is 7.91. The average molecular weight is 478 g/mol. The second-order valence-electron chi connectivity index (χ2n) is 7.60. The number of fused-ring (bicyclic) bond motifs is 1. The Morgan fingerprint density at radius 2 is 2.00 bits per heavy atom. The molecule has 0 aliphatic heterocycles. The number of thiophene rings is 1. The number of nitrogens with one attached hydrogen (secondary N) is 1. The van der Waals surface area contributed by atoms with Crippen LogP contribution in [0, 0.1) is 12.8 Å². The molecule has 1 atom stereocenters. The average Bonchev–Trinajstić information content (AvgIpc) is 3.27. The fourth-order valence-corrected chi connectivity index (χ4v) is 5.99. The van der Waals surface area contributed by atoms with Gasteiger partial charge in [0.1, 0.15) is 22.0 Å². The van der Waals surface area contributed by atoms with E-state index in [1.165, 1.54) is 11.3 Å². The topological polar surface area (TPSA) is 98.2 Å². The first-order chi connectivity index (χ1) is 14.8. The van der Waals surface area contributed by atoms with Crippen LogP contribution in [0.15, 0.2) is 22.7 Å². The molecule has 4 rings (SSSR count). The quantitative estimate of drug-likeness (QED) is 0.478. The summed E-state index contributed by atoms with van der Waals surface area (Å²) in [5, 5.41) is 8.05. The van der Waals surface area contributed by atoms with Crippen molar-refractivity contribution in [2.75, 3.05) is 5.32 Å². The Hall–Kier alpha value is -2.35. The minimum atomic E-state index is -0.542. The van der Waals surface area contributed by atoms with Gasteiger partial charge in [0.2, 0.25) is 0 Å². The van der Waals surface area contributed by atoms with Gasteiger partial charge in [-0.15, -0.1) is 11.3 Å². The lowest BCUT2D eigenvalue weighted by Crippen LogP contribution is -2.20. The molecule has 162 valence electrons. The highest BCUT2D eigenvalue weighted by Gasteiger charge is 2.30. The van der Waals surface area contributed by atoms with Crippen LogP contribution in [-0.4, -0.2) is 17.0 Å². The Morgan fingerprint density at radius 1 is 1.29 bits per heavy atom. The number of carbonyl (C=O) groups is 2. The number of aromatic nitrogens is 1. The minimum absolute atomic E-state index is 0.211. The zero-order valence-electron chi connectivity index (χ0n) is 17.1. The Kier molecular flexibility index (Phi) is 6.10. The van der Waals surface area contributed by atoms with E-state index in [0.29, 0.717) is 37.9 Å². The van der Waals surface area contributed by atoms with Crippen LogP contribution in [0.4, 0.5) is 5.00 Å². The monoisotopic (exact) mass is 477 g/mol. The molecule has 0 saturated carbocycles. The molecule has 3 aromatic rings. The van der Waals surface area contributed by atoms with Crippen molar-refractivity contribution in [3.8, 4) is 11.3 Å². The third kappa shape index (κ3) is 3.97. The van der Waals surface area contributed by atoms with Gasteiger partial charge in [-0.05, 0) is 49.8 Å². The van der Waals surface area contributed by atoms with Crippen LogP contribution in [0.3, 0.4) is 0 Å². The molecule has 6 nitrogen and oxygen atoms in total. The number of hydrogen-bond acceptors (Lipinski definition) is 5. The van der Waals surface area contributed by atoms with E-state index in [0.717, 1.165) is 36.1 Å². The molecule has 0 bridgehead atoms. The predicted octanol–water partition coefficient (Wildman–Crippen LogP) is 5.88. The number of hydrogen-bond donors (Lipinski definition) is 2. The van der Waals surface area contributed by atoms with Gasteiger partial charge in [-0.2, -0.15) is 0 Å². The van der Waals surface area contributed by atoms with Crippen LogP contribution >= 0.6 is 34.5 Å². The summed E-state index contributed by atoms with van der Waals surface area (Å²) in [4.78, 5) is 26.6. The summed E-state index contributed by atoms with van der Waals surface area (Å²) in [7, 11) is 0. The van der Waals surface area contributed by atoms with Crippen molar-refractivity contribution in [3.05, 3.63) is 55.6 Å². The number of carbonyl (C=O) groups excluding carboxylic acids is 2. The van der Waals surface area contributed by atoms with Gasteiger partial charge >= 0.3 is 0 Å². The molecule has 0 unspecified atom stereocenters. The Morgan fingerprint density at radius 3 is 2.65 bits per heavy atom. The van der Waals surface area contributed by atoms with Crippen LogP contribution in [0.2, 0.25) is 10.0 Å². The van der Waals surface area contributed by atoms with Crippen LogP contribution in [0.25, 0.3) is 11.3 Å². The number of anilines is 1. The van der Waals surface area contributed by atoms with E-state index >= 15 is 0 Å². The third-order valence-corrected chi connectivity index (χ3v) is 7.51. The van der Waals surface area contributed by atoms with Crippen molar-refractivity contribution < 1.29 is 14.1 Å². The van der Waals surface area contributed by atoms with Crippen molar-refractivity contribution in [1.29, 1.82) is 0 Å². The van der Waals surface area contributed by atoms with Crippen LogP contribution < -0.4 is 11.1 Å². The number of primary amides is 1. The summed E-state index contributed by atoms with van der Waals surface area (Å²) < 4.78 is 5.29. The van der Waals surface area contributed by atoms with Gasteiger partial charge in [-0.1, -0.05) is 47.8 Å². The smallest absolute Gasteiger partial charge is 0.262 e. The first kappa shape index (κ1) is 21.9. The van der Waals surface area contributed by atoms with Gasteiger partial charge in [0.25, 0.3) is 11.8 Å². The minimum Gasteiger partial charge on any atom is -0.365 e. The summed E-state index contributed by atoms with van der Waals surface area (Å²) in [5.74, 6) is -0.113. The molecule has 1 aliphatic carbocycles. The van der Waals surface area contributed by atoms with Gasteiger partial charge in [-0.25, -0.2) is 0 Å². The first-order valence-corrected chi connectivity index (χ1v) is 11.5. The number of amides is 2. The van der Waals surface area contributed by atoms with E-state index in [1.54, 1.807) is 25.1 Å². The highest BCUT2D eigenvalue weighted by molar-refractivity contribution is 7.17. The van der Waals surface area contributed by atoms with Crippen molar-refractivity contribution in [1.82, 2.24) is 5.16 Å². The molecule has 0 radical (unpaired) electrons. The van der Waals surface area contributed by atoms with Gasteiger partial charge in [0, 0.05) is 10.4 Å². The first-order valence-electron chi connectivity index (χ1n) is 9.98. The lowest BCUT2D eigenvalue weighted by molar-refractivity contribution is 0.1000. The highest BCUT2D eigenvalue weighted by Crippen LogP contribution is 2.41. The molecule has 0 spiro atoms. The Balaban J connectivity index is 1.73. The molecule has 2 aromatic heterocycles. The van der Waals surface area contributed by atoms with Crippen molar-refractivity contribution in [3.63, 3.8) is 0 Å². The number of benzene rings is 1. The van der Waals surface area contributed by atoms with Crippen LogP contribution in [0.1, 0.15) is 56.7 Å². The Bertz CT molecular complexity index is 1160. The zero-order chi connectivity index (χ0) is 22.3. The summed E-state index contributed by atoms with van der Waals surface area (Å²) >= 11 is 14.0. The van der Waals surface area contributed by atoms with E-state index in [-0.39, 0.29) is 11.3 Å². The third-order valence-electron chi connectivity index (χ3n) is 5.71. The summed E-state index contributed by atoms with van der Waals surface area (Å²) in [6, 6.07) is 5.04. The molecule has 31 heavy (non-hydrogen) atoms. The molecule has 3 N–H and O–H groups in total. The van der Waals surface area contributed by atoms with Crippen molar-refractivity contribution in [2.45, 2.75) is 39.5 Å². The number of halogens is 2. The second-order valence-corrected chi connectivity index (χ2v) is 9.52. The lowest BCUT2D eigenvalue weighted by atomic mass is 9.85. The van der Waals surface area contributed by atoms with E-state index < -0.39 is 11.8 Å². The van der Waals surface area contributed by atoms with E-state index in [1.807, 2.05) is 0 Å². The van der Waals surface area contributed by atoms with E-state index in [4.69, 9.17) is 33.5 Å². The normalized spacial score (nSPS) is 15.5. The largest absolute Gasteiger partial charge is 0.365 e. The van der Waals surface area contributed by atoms with Gasteiger partial charge in [0.05, 0.1) is 15.6 Å². The molecular formula is C22H21Cl2N3O3S. The molecule has 1 aromatic carbocycles. The van der Waals surface area contributed by atoms with Crippen LogP contribution in [-0.2, 0) is 12.8 Å². The van der Waals surface area contributed by atoms with E-state index in [9.17, 15) is 9.59 Å². The zero-order valence-corrected chi connectivity index (χ0v) is 19.4. The number of nitrogens with zero attached hydrogens (tertiary/aromatic N) is 1. The molecule has 2 heterocycles. The highest BCUT2D eigenvalue weighted by atomic mass is 35.5. The standard InChI is InChI=1S/C22H21Cl2N3O3S/c1-3-11-7-8-12-15(9-11)31-22(17(12)20(25)28)26-21(29)16-10(2)30-27-19(16)18-13(23)5-4-6-14(18)24/h4-6,11H,3,7-9H2,1-2H3,(H2,25,28)(H,26,29)/t11-/m0/s1. The molecule has 0 saturated heterocycles. The molecular weight excluding hydrogens is 457 g/mol. The number of aryl methyl sites for hydroxylation is 1. The lowest BCUT2D eigenvalue weighted by Gasteiger charge is -2.20. The molecule has 2 amide bonds. The maximum absolute atomic E-state index is 13.3. The predicted molar refractivity (Wildman–Crippen MR) is 123 cm³/mol. The maximum Gasteiger partial charge on any atom is 0.262 e. The van der Waals surface area contributed by atoms with Crippen molar-refractivity contribution in [2.24, 2.45) is 11.7 Å². The van der Waals surface area contributed by atoms with Crippen molar-refractivity contribution >= 4 is 51.4 Å². The van der Waals surface area contributed by atoms with Gasteiger partial charge < -0.3 is 15.6 Å². The SMILES string of the molecule is CC[C@H]1CCc2c(sc(NC(=O)c3c(-c4c(Cl)cccc4Cl)noc3C)c2C(N)=O)C1. The number of rotatable bonds is 5. The second kappa shape index (κ2) is 8.65. The fraction of sp³-hybridized carbons (Fsp3) is 0.318. The summed E-state index contributed by atoms with van der Waals surface area (Å²) in [6.07, 6.45) is 3.76. The fourth-order valence-electron chi connectivity index (χ4n) is 4.05. The van der Waals surface area contributed by atoms with Gasteiger partial charge in [0.15, 0.2) is 0 Å². The molecule has 1 aliphatic rings. The molecule has 0 fully saturated rings.